The van der Waals surface area contributed by atoms with E-state index >= 15 is 0 Å². The van der Waals surface area contributed by atoms with Gasteiger partial charge in [-0.05, 0) is 24.6 Å². The lowest BCUT2D eigenvalue weighted by Gasteiger charge is -2.08. The molecule has 128 valence electrons. The molecule has 0 saturated carbocycles. The Hall–Kier alpha value is -3.21. The molecule has 5 heteroatoms. The quantitative estimate of drug-likeness (QED) is 0.621. The third-order valence-electron chi connectivity index (χ3n) is 3.80. The minimum absolute atomic E-state index is 0.343. The maximum atomic E-state index is 11.7. The number of furan rings is 1. The third kappa shape index (κ3) is 3.35. The van der Waals surface area contributed by atoms with Gasteiger partial charge in [-0.2, -0.15) is 0 Å². The Kier molecular flexibility index (Phi) is 4.75. The molecule has 0 spiro atoms. The minimum atomic E-state index is -0.793. The zero-order chi connectivity index (χ0) is 17.8. The van der Waals surface area contributed by atoms with Crippen molar-refractivity contribution < 1.29 is 23.4 Å². The van der Waals surface area contributed by atoms with Crippen LogP contribution in [0, 0.1) is 6.92 Å². The lowest BCUT2D eigenvalue weighted by Crippen LogP contribution is -2.08. The fourth-order valence-corrected chi connectivity index (χ4v) is 2.59. The van der Waals surface area contributed by atoms with Gasteiger partial charge in [0, 0.05) is 5.56 Å². The first kappa shape index (κ1) is 16.6. The summed E-state index contributed by atoms with van der Waals surface area (Å²) in [6.45, 7) is 1.75. The lowest BCUT2D eigenvalue weighted by molar-refractivity contribution is 0.121. The van der Waals surface area contributed by atoms with E-state index < -0.39 is 6.16 Å². The maximum Gasteiger partial charge on any atom is 0.513 e. The Bertz CT molecular complexity index is 863. The highest BCUT2D eigenvalue weighted by Gasteiger charge is 2.24. The van der Waals surface area contributed by atoms with Crippen LogP contribution in [0.1, 0.15) is 5.76 Å². The van der Waals surface area contributed by atoms with Gasteiger partial charge in [-0.15, -0.1) is 0 Å². The summed E-state index contributed by atoms with van der Waals surface area (Å²) in [6, 6.07) is 17.1. The number of carbonyl (C=O) groups is 1. The SMILES string of the molecule is COC(=O)Oc1c(C)oc(-c2ccccc2)c1-c1ccc(OC)cc1. The molecule has 25 heavy (non-hydrogen) atoms. The molecule has 1 aromatic heterocycles. The van der Waals surface area contributed by atoms with Crippen molar-refractivity contribution in [1.29, 1.82) is 0 Å². The molecule has 0 saturated heterocycles. The Labute approximate surface area is 145 Å². The summed E-state index contributed by atoms with van der Waals surface area (Å²) in [5, 5.41) is 0. The molecule has 1 heterocycles. The second kappa shape index (κ2) is 7.13. The number of rotatable bonds is 4. The van der Waals surface area contributed by atoms with Gasteiger partial charge in [0.15, 0.2) is 5.75 Å². The minimum Gasteiger partial charge on any atom is -0.497 e. The summed E-state index contributed by atoms with van der Waals surface area (Å²) < 4.78 is 21.1. The van der Waals surface area contributed by atoms with Crippen LogP contribution in [-0.2, 0) is 4.74 Å². The Morgan fingerprint density at radius 3 is 2.20 bits per heavy atom. The van der Waals surface area contributed by atoms with Gasteiger partial charge in [0.05, 0.1) is 19.8 Å². The van der Waals surface area contributed by atoms with Gasteiger partial charge in [-0.3, -0.25) is 0 Å². The van der Waals surface area contributed by atoms with Gasteiger partial charge in [-0.25, -0.2) is 4.79 Å². The molecule has 0 aliphatic carbocycles. The molecule has 0 fully saturated rings. The van der Waals surface area contributed by atoms with Crippen LogP contribution < -0.4 is 9.47 Å². The fourth-order valence-electron chi connectivity index (χ4n) is 2.59. The van der Waals surface area contributed by atoms with Crippen molar-refractivity contribution >= 4 is 6.16 Å². The fraction of sp³-hybridized carbons (Fsp3) is 0.150. The van der Waals surface area contributed by atoms with Gasteiger partial charge >= 0.3 is 6.16 Å². The van der Waals surface area contributed by atoms with E-state index in [-0.39, 0.29) is 0 Å². The number of ether oxygens (including phenoxy) is 3. The van der Waals surface area contributed by atoms with Crippen LogP contribution in [0.5, 0.6) is 11.5 Å². The van der Waals surface area contributed by atoms with Gasteiger partial charge in [-0.1, -0.05) is 42.5 Å². The predicted octanol–water partition coefficient (Wildman–Crippen LogP) is 5.08. The molecule has 0 radical (unpaired) electrons. The average molecular weight is 338 g/mol. The van der Waals surface area contributed by atoms with Gasteiger partial charge in [0.2, 0.25) is 0 Å². The van der Waals surface area contributed by atoms with E-state index in [0.29, 0.717) is 22.8 Å². The zero-order valence-corrected chi connectivity index (χ0v) is 14.2. The van der Waals surface area contributed by atoms with E-state index in [4.69, 9.17) is 13.9 Å². The normalized spacial score (nSPS) is 10.4. The summed E-state index contributed by atoms with van der Waals surface area (Å²) in [5.74, 6) is 2.20. The van der Waals surface area contributed by atoms with Gasteiger partial charge in [0.1, 0.15) is 17.3 Å². The monoisotopic (exact) mass is 338 g/mol. The Morgan fingerprint density at radius 2 is 1.60 bits per heavy atom. The Morgan fingerprint density at radius 1 is 0.920 bits per heavy atom. The molecule has 0 bridgehead atoms. The summed E-state index contributed by atoms with van der Waals surface area (Å²) >= 11 is 0. The first-order valence-electron chi connectivity index (χ1n) is 7.73. The molecule has 0 unspecified atom stereocenters. The van der Waals surface area contributed by atoms with Crippen molar-refractivity contribution in [3.05, 3.63) is 60.4 Å². The van der Waals surface area contributed by atoms with Crippen molar-refractivity contribution in [3.63, 3.8) is 0 Å². The highest BCUT2D eigenvalue weighted by atomic mass is 16.7. The van der Waals surface area contributed by atoms with Crippen LogP contribution in [0.15, 0.2) is 59.0 Å². The molecular formula is C20H18O5. The molecule has 0 atom stereocenters. The van der Waals surface area contributed by atoms with Crippen molar-refractivity contribution in [2.75, 3.05) is 14.2 Å². The van der Waals surface area contributed by atoms with Crippen molar-refractivity contribution in [3.8, 4) is 33.9 Å². The molecule has 0 amide bonds. The number of aryl methyl sites for hydroxylation is 1. The van der Waals surface area contributed by atoms with E-state index in [0.717, 1.165) is 16.9 Å². The number of benzene rings is 2. The second-order valence-corrected chi connectivity index (χ2v) is 5.34. The van der Waals surface area contributed by atoms with Crippen LogP contribution in [0.2, 0.25) is 0 Å². The molecule has 3 aromatic rings. The van der Waals surface area contributed by atoms with Crippen LogP contribution >= 0.6 is 0 Å². The number of carbonyl (C=O) groups excluding carboxylic acids is 1. The van der Waals surface area contributed by atoms with Gasteiger partial charge in [0.25, 0.3) is 0 Å². The van der Waals surface area contributed by atoms with E-state index in [1.54, 1.807) is 14.0 Å². The van der Waals surface area contributed by atoms with Crippen molar-refractivity contribution in [2.45, 2.75) is 6.92 Å². The van der Waals surface area contributed by atoms with Crippen LogP contribution in [0.25, 0.3) is 22.5 Å². The van der Waals surface area contributed by atoms with E-state index in [9.17, 15) is 4.79 Å². The van der Waals surface area contributed by atoms with Crippen molar-refractivity contribution in [2.24, 2.45) is 0 Å². The van der Waals surface area contributed by atoms with Crippen LogP contribution in [0.4, 0.5) is 4.79 Å². The first-order chi connectivity index (χ1) is 12.1. The topological polar surface area (TPSA) is 57.9 Å². The largest absolute Gasteiger partial charge is 0.513 e. The summed E-state index contributed by atoms with van der Waals surface area (Å²) in [7, 11) is 2.88. The van der Waals surface area contributed by atoms with Crippen LogP contribution in [0.3, 0.4) is 0 Å². The Balaban J connectivity index is 2.18. The molecule has 5 nitrogen and oxygen atoms in total. The average Bonchev–Trinajstić information content (AvgIpc) is 2.98. The molecule has 3 rings (SSSR count). The molecule has 2 aromatic carbocycles. The zero-order valence-electron chi connectivity index (χ0n) is 14.2. The molecule has 0 aliphatic heterocycles. The van der Waals surface area contributed by atoms with Gasteiger partial charge < -0.3 is 18.6 Å². The summed E-state index contributed by atoms with van der Waals surface area (Å²) in [6.07, 6.45) is -0.793. The summed E-state index contributed by atoms with van der Waals surface area (Å²) in [5.41, 5.74) is 2.42. The molecular weight excluding hydrogens is 320 g/mol. The molecule has 0 N–H and O–H groups in total. The van der Waals surface area contributed by atoms with Crippen molar-refractivity contribution in [1.82, 2.24) is 0 Å². The number of hydrogen-bond acceptors (Lipinski definition) is 5. The summed E-state index contributed by atoms with van der Waals surface area (Å²) in [4.78, 5) is 11.7. The number of hydrogen-bond donors (Lipinski definition) is 0. The van der Waals surface area contributed by atoms with E-state index in [2.05, 4.69) is 4.74 Å². The molecule has 0 aliphatic rings. The highest BCUT2D eigenvalue weighted by molar-refractivity contribution is 5.87. The third-order valence-corrected chi connectivity index (χ3v) is 3.80. The standard InChI is InChI=1S/C20H18O5/c1-13-18(25-20(21)23-3)17(14-9-11-16(22-2)12-10-14)19(24-13)15-7-5-4-6-8-15/h4-12H,1-3H3. The first-order valence-corrected chi connectivity index (χ1v) is 7.73. The maximum absolute atomic E-state index is 11.7. The highest BCUT2D eigenvalue weighted by Crippen LogP contribution is 2.44. The lowest BCUT2D eigenvalue weighted by atomic mass is 10.0. The van der Waals surface area contributed by atoms with E-state index in [1.165, 1.54) is 7.11 Å². The van der Waals surface area contributed by atoms with Crippen LogP contribution in [-0.4, -0.2) is 20.4 Å². The number of methoxy groups -OCH3 is 2. The smallest absolute Gasteiger partial charge is 0.497 e. The van der Waals surface area contributed by atoms with E-state index in [1.807, 2.05) is 54.6 Å². The predicted molar refractivity (Wildman–Crippen MR) is 93.9 cm³/mol. The second-order valence-electron chi connectivity index (χ2n) is 5.34.